The van der Waals surface area contributed by atoms with Crippen molar-refractivity contribution in [1.82, 2.24) is 9.97 Å². The van der Waals surface area contributed by atoms with Crippen molar-refractivity contribution >= 4 is 11.0 Å². The van der Waals surface area contributed by atoms with Gasteiger partial charge in [-0.3, -0.25) is 4.98 Å². The monoisotopic (exact) mass is 162 g/mol. The molecule has 12 heavy (non-hydrogen) atoms. The number of aromatic nitrogens is 2. The molecule has 0 aliphatic rings. The molecule has 60 valence electrons. The van der Waals surface area contributed by atoms with Gasteiger partial charge in [-0.2, -0.15) is 0 Å². The van der Waals surface area contributed by atoms with Crippen LogP contribution in [0.4, 0.5) is 4.39 Å². The summed E-state index contributed by atoms with van der Waals surface area (Å²) in [5.41, 5.74) is 2.17. The Morgan fingerprint density at radius 3 is 2.92 bits per heavy atom. The van der Waals surface area contributed by atoms with Gasteiger partial charge >= 0.3 is 0 Å². The normalized spacial score (nSPS) is 10.5. The average molecular weight is 162 g/mol. The van der Waals surface area contributed by atoms with Crippen LogP contribution in [0.25, 0.3) is 11.0 Å². The van der Waals surface area contributed by atoms with Crippen LogP contribution in [-0.4, -0.2) is 9.97 Å². The van der Waals surface area contributed by atoms with Crippen molar-refractivity contribution in [2.24, 2.45) is 0 Å². The second kappa shape index (κ2) is 2.52. The zero-order valence-corrected chi connectivity index (χ0v) is 6.58. The van der Waals surface area contributed by atoms with E-state index in [1.54, 1.807) is 12.3 Å². The molecule has 2 rings (SSSR count). The molecule has 0 N–H and O–H groups in total. The van der Waals surface area contributed by atoms with Crippen LogP contribution >= 0.6 is 0 Å². The molecular formula is C9H7FN2. The van der Waals surface area contributed by atoms with Gasteiger partial charge in [-0.25, -0.2) is 9.37 Å². The van der Waals surface area contributed by atoms with Gasteiger partial charge in [-0.05, 0) is 19.1 Å². The summed E-state index contributed by atoms with van der Waals surface area (Å²) in [5, 5.41) is 0. The second-order valence-corrected chi connectivity index (χ2v) is 2.64. The van der Waals surface area contributed by atoms with Crippen molar-refractivity contribution in [3.63, 3.8) is 0 Å². The maximum Gasteiger partial charge on any atom is 0.125 e. The minimum Gasteiger partial charge on any atom is -0.253 e. The van der Waals surface area contributed by atoms with Gasteiger partial charge in [0.15, 0.2) is 0 Å². The van der Waals surface area contributed by atoms with Crippen LogP contribution in [0.5, 0.6) is 0 Å². The predicted octanol–water partition coefficient (Wildman–Crippen LogP) is 2.08. The quantitative estimate of drug-likeness (QED) is 0.592. The molecule has 0 aliphatic carbocycles. The maximum atomic E-state index is 12.7. The summed E-state index contributed by atoms with van der Waals surface area (Å²) in [6.45, 7) is 1.86. The van der Waals surface area contributed by atoms with Crippen LogP contribution in [0.3, 0.4) is 0 Å². The van der Waals surface area contributed by atoms with E-state index in [1.807, 2.05) is 6.92 Å². The molecule has 0 spiro atoms. The van der Waals surface area contributed by atoms with E-state index in [9.17, 15) is 4.39 Å². The Kier molecular flexibility index (Phi) is 1.50. The molecule has 1 aromatic carbocycles. The Morgan fingerprint density at radius 1 is 1.25 bits per heavy atom. The van der Waals surface area contributed by atoms with Crippen molar-refractivity contribution in [3.05, 3.63) is 35.9 Å². The third-order valence-corrected chi connectivity index (χ3v) is 1.62. The van der Waals surface area contributed by atoms with E-state index in [4.69, 9.17) is 0 Å². The van der Waals surface area contributed by atoms with Crippen LogP contribution in [0.2, 0.25) is 0 Å². The molecule has 0 saturated heterocycles. The summed E-state index contributed by atoms with van der Waals surface area (Å²) in [7, 11) is 0. The van der Waals surface area contributed by atoms with Gasteiger partial charge in [0.05, 0.1) is 16.7 Å². The highest BCUT2D eigenvalue weighted by molar-refractivity contribution is 5.73. The fraction of sp³-hybridized carbons (Fsp3) is 0.111. The lowest BCUT2D eigenvalue weighted by Crippen LogP contribution is -1.87. The van der Waals surface area contributed by atoms with Gasteiger partial charge in [0.2, 0.25) is 0 Å². The molecule has 1 heterocycles. The lowest BCUT2D eigenvalue weighted by Gasteiger charge is -1.96. The van der Waals surface area contributed by atoms with E-state index in [2.05, 4.69) is 9.97 Å². The summed E-state index contributed by atoms with van der Waals surface area (Å²) < 4.78 is 12.7. The summed E-state index contributed by atoms with van der Waals surface area (Å²) in [4.78, 5) is 8.23. The predicted molar refractivity (Wildman–Crippen MR) is 44.2 cm³/mol. The molecule has 0 aliphatic heterocycles. The number of nitrogens with zero attached hydrogens (tertiary/aromatic N) is 2. The topological polar surface area (TPSA) is 25.8 Å². The molecule has 1 aromatic heterocycles. The van der Waals surface area contributed by atoms with E-state index in [1.165, 1.54) is 12.1 Å². The number of hydrogen-bond acceptors (Lipinski definition) is 2. The fourth-order valence-electron chi connectivity index (χ4n) is 1.08. The minimum atomic E-state index is -0.277. The van der Waals surface area contributed by atoms with Crippen LogP contribution in [0.1, 0.15) is 5.69 Å². The first-order valence-electron chi connectivity index (χ1n) is 3.64. The van der Waals surface area contributed by atoms with Crippen molar-refractivity contribution in [2.45, 2.75) is 6.92 Å². The Labute approximate surface area is 69.1 Å². The SMILES string of the molecule is Cc1cnc2cc(F)ccc2n1. The highest BCUT2D eigenvalue weighted by atomic mass is 19.1. The largest absolute Gasteiger partial charge is 0.253 e. The lowest BCUT2D eigenvalue weighted by molar-refractivity contribution is 0.629. The summed E-state index contributed by atoms with van der Waals surface area (Å²) in [6, 6.07) is 4.39. The van der Waals surface area contributed by atoms with E-state index in [0.29, 0.717) is 5.52 Å². The van der Waals surface area contributed by atoms with Gasteiger partial charge in [0, 0.05) is 12.3 Å². The second-order valence-electron chi connectivity index (χ2n) is 2.64. The van der Waals surface area contributed by atoms with Crippen molar-refractivity contribution in [3.8, 4) is 0 Å². The Bertz CT molecular complexity index is 385. The Balaban J connectivity index is 2.79. The molecular weight excluding hydrogens is 155 g/mol. The Morgan fingerprint density at radius 2 is 2.08 bits per heavy atom. The molecule has 0 amide bonds. The van der Waals surface area contributed by atoms with Gasteiger partial charge in [0.1, 0.15) is 5.82 Å². The highest BCUT2D eigenvalue weighted by Gasteiger charge is 1.97. The lowest BCUT2D eigenvalue weighted by atomic mass is 10.3. The smallest absolute Gasteiger partial charge is 0.125 e. The molecule has 2 aromatic rings. The number of hydrogen-bond donors (Lipinski definition) is 0. The summed E-state index contributed by atoms with van der Waals surface area (Å²) in [6.07, 6.45) is 1.63. The molecule has 0 atom stereocenters. The zero-order valence-electron chi connectivity index (χ0n) is 6.58. The van der Waals surface area contributed by atoms with Crippen LogP contribution < -0.4 is 0 Å². The van der Waals surface area contributed by atoms with Crippen LogP contribution in [0, 0.1) is 12.7 Å². The third kappa shape index (κ3) is 1.13. The molecule has 0 saturated carbocycles. The minimum absolute atomic E-state index is 0.277. The molecule has 0 bridgehead atoms. The number of fused-ring (bicyclic) bond motifs is 1. The maximum absolute atomic E-state index is 12.7. The van der Waals surface area contributed by atoms with Crippen molar-refractivity contribution < 1.29 is 4.39 Å². The number of aryl methyl sites for hydroxylation is 1. The first-order valence-corrected chi connectivity index (χ1v) is 3.64. The van der Waals surface area contributed by atoms with Gasteiger partial charge in [0.25, 0.3) is 0 Å². The molecule has 2 nitrogen and oxygen atoms in total. The average Bonchev–Trinajstić information content (AvgIpc) is 2.05. The van der Waals surface area contributed by atoms with E-state index in [0.717, 1.165) is 11.2 Å². The van der Waals surface area contributed by atoms with E-state index < -0.39 is 0 Å². The summed E-state index contributed by atoms with van der Waals surface area (Å²) in [5.74, 6) is -0.277. The summed E-state index contributed by atoms with van der Waals surface area (Å²) >= 11 is 0. The van der Waals surface area contributed by atoms with E-state index >= 15 is 0 Å². The molecule has 0 unspecified atom stereocenters. The number of rotatable bonds is 0. The molecule has 0 radical (unpaired) electrons. The first-order chi connectivity index (χ1) is 5.75. The number of benzene rings is 1. The molecule has 3 heteroatoms. The van der Waals surface area contributed by atoms with Crippen molar-refractivity contribution in [1.29, 1.82) is 0 Å². The first kappa shape index (κ1) is 7.16. The van der Waals surface area contributed by atoms with Crippen LogP contribution in [-0.2, 0) is 0 Å². The number of halogens is 1. The third-order valence-electron chi connectivity index (χ3n) is 1.62. The standard InChI is InChI=1S/C9H7FN2/c1-6-5-11-9-4-7(10)2-3-8(9)12-6/h2-5H,1H3. The van der Waals surface area contributed by atoms with Gasteiger partial charge in [-0.15, -0.1) is 0 Å². The Hall–Kier alpha value is -1.51. The zero-order chi connectivity index (χ0) is 8.55. The van der Waals surface area contributed by atoms with Crippen LogP contribution in [0.15, 0.2) is 24.4 Å². The van der Waals surface area contributed by atoms with Gasteiger partial charge < -0.3 is 0 Å². The van der Waals surface area contributed by atoms with E-state index in [-0.39, 0.29) is 5.82 Å². The highest BCUT2D eigenvalue weighted by Crippen LogP contribution is 2.10. The van der Waals surface area contributed by atoms with Crippen molar-refractivity contribution in [2.75, 3.05) is 0 Å². The fourth-order valence-corrected chi connectivity index (χ4v) is 1.08. The molecule has 0 fully saturated rings. The van der Waals surface area contributed by atoms with Gasteiger partial charge in [-0.1, -0.05) is 0 Å².